The molecule has 0 fully saturated rings. The van der Waals surface area contributed by atoms with E-state index in [4.69, 9.17) is 0 Å². The highest BCUT2D eigenvalue weighted by molar-refractivity contribution is 9.10. The van der Waals surface area contributed by atoms with E-state index < -0.39 is 0 Å². The van der Waals surface area contributed by atoms with E-state index in [1.807, 2.05) is 42.5 Å². The molecule has 0 N–H and O–H groups in total. The zero-order valence-corrected chi connectivity index (χ0v) is 21.3. The van der Waals surface area contributed by atoms with E-state index in [2.05, 4.69) is 85.8 Å². The first-order chi connectivity index (χ1) is 16.0. The van der Waals surface area contributed by atoms with Gasteiger partial charge in [0.1, 0.15) is 17.7 Å². The Balaban J connectivity index is 1.90. The number of halogens is 2. The second kappa shape index (κ2) is 10.2. The van der Waals surface area contributed by atoms with Crippen molar-refractivity contribution in [1.29, 1.82) is 10.5 Å². The fraction of sp³-hybridized carbons (Fsp3) is 0.143. The molecule has 0 saturated carbocycles. The van der Waals surface area contributed by atoms with Crippen LogP contribution in [0.2, 0.25) is 0 Å². The number of nitriles is 2. The molecule has 0 aliphatic rings. The van der Waals surface area contributed by atoms with Crippen molar-refractivity contribution in [3.63, 3.8) is 0 Å². The number of hydrogen-bond acceptors (Lipinski definition) is 2. The van der Waals surface area contributed by atoms with Crippen LogP contribution >= 0.6 is 31.9 Å². The number of nitrogens with zero attached hydrogens (tertiary/aromatic N) is 3. The van der Waals surface area contributed by atoms with Gasteiger partial charge in [-0.15, -0.1) is 0 Å². The number of rotatable bonds is 6. The first kappa shape index (κ1) is 23.1. The summed E-state index contributed by atoms with van der Waals surface area (Å²) in [4.78, 5) is 0. The van der Waals surface area contributed by atoms with Crippen LogP contribution in [-0.4, -0.2) is 4.57 Å². The van der Waals surface area contributed by atoms with Crippen molar-refractivity contribution in [3.8, 4) is 12.1 Å². The van der Waals surface area contributed by atoms with Crippen LogP contribution in [0.4, 0.5) is 0 Å². The predicted molar refractivity (Wildman–Crippen MR) is 143 cm³/mol. The Morgan fingerprint density at radius 1 is 0.879 bits per heavy atom. The van der Waals surface area contributed by atoms with Gasteiger partial charge in [0.15, 0.2) is 0 Å². The average Bonchev–Trinajstić information content (AvgIpc) is 3.13. The lowest BCUT2D eigenvalue weighted by Crippen LogP contribution is -1.97. The summed E-state index contributed by atoms with van der Waals surface area (Å²) in [6, 6.07) is 24.6. The largest absolute Gasteiger partial charge is 0.340 e. The maximum Gasteiger partial charge on any atom is 0.137 e. The monoisotopic (exact) mass is 557 g/mol. The maximum absolute atomic E-state index is 9.63. The van der Waals surface area contributed by atoms with Crippen LogP contribution in [0.25, 0.3) is 33.5 Å². The van der Waals surface area contributed by atoms with Crippen molar-refractivity contribution in [1.82, 2.24) is 4.57 Å². The smallest absolute Gasteiger partial charge is 0.137 e. The van der Waals surface area contributed by atoms with Crippen LogP contribution in [0, 0.1) is 22.7 Å². The molecule has 3 aromatic carbocycles. The molecule has 0 unspecified atom stereocenters. The quantitative estimate of drug-likeness (QED) is 0.175. The molecular formula is C28H21Br2N3. The number of aryl methyl sites for hydroxylation is 1. The van der Waals surface area contributed by atoms with Gasteiger partial charge in [0.2, 0.25) is 0 Å². The third kappa shape index (κ3) is 4.81. The lowest BCUT2D eigenvalue weighted by Gasteiger charge is -2.08. The van der Waals surface area contributed by atoms with E-state index in [0.717, 1.165) is 55.7 Å². The molecule has 3 nitrogen and oxygen atoms in total. The number of fused-ring (bicyclic) bond motifs is 3. The molecule has 4 rings (SSSR count). The van der Waals surface area contributed by atoms with Crippen LogP contribution in [0.1, 0.15) is 30.9 Å². The van der Waals surface area contributed by atoms with Crippen LogP contribution in [0.5, 0.6) is 0 Å². The van der Waals surface area contributed by atoms with Gasteiger partial charge in [-0.3, -0.25) is 0 Å². The van der Waals surface area contributed by atoms with E-state index in [0.29, 0.717) is 5.57 Å². The molecule has 162 valence electrons. The molecule has 5 heteroatoms. The molecule has 1 aromatic heterocycles. The second-order valence-corrected chi connectivity index (χ2v) is 9.63. The number of aromatic nitrogens is 1. The molecule has 1 heterocycles. The number of benzene rings is 3. The summed E-state index contributed by atoms with van der Waals surface area (Å²) in [6.07, 6.45) is 6.02. The highest BCUT2D eigenvalue weighted by Gasteiger charge is 2.14. The summed E-state index contributed by atoms with van der Waals surface area (Å²) >= 11 is 7.06. The Morgan fingerprint density at radius 3 is 2.18 bits per heavy atom. The summed E-state index contributed by atoms with van der Waals surface area (Å²) in [5.74, 6) is 0. The predicted octanol–water partition coefficient (Wildman–Crippen LogP) is 8.63. The van der Waals surface area contributed by atoms with E-state index in [-0.39, 0.29) is 5.57 Å². The lowest BCUT2D eigenvalue weighted by molar-refractivity contribution is 0.665. The Morgan fingerprint density at radius 2 is 1.52 bits per heavy atom. The second-order valence-electron chi connectivity index (χ2n) is 7.80. The summed E-state index contributed by atoms with van der Waals surface area (Å²) < 4.78 is 4.39. The summed E-state index contributed by atoms with van der Waals surface area (Å²) in [5, 5.41) is 21.5. The minimum absolute atomic E-state index is 0.0959. The molecule has 33 heavy (non-hydrogen) atoms. The minimum atomic E-state index is 0.0959. The van der Waals surface area contributed by atoms with E-state index in [1.165, 1.54) is 5.52 Å². The van der Waals surface area contributed by atoms with Crippen molar-refractivity contribution in [3.05, 3.63) is 92.4 Å². The van der Waals surface area contributed by atoms with Gasteiger partial charge >= 0.3 is 0 Å². The van der Waals surface area contributed by atoms with Crippen molar-refractivity contribution >= 4 is 65.3 Å². The maximum atomic E-state index is 9.63. The van der Waals surface area contributed by atoms with Crippen LogP contribution in [0.15, 0.2) is 81.3 Å². The Kier molecular flexibility index (Phi) is 7.14. The van der Waals surface area contributed by atoms with Gasteiger partial charge in [-0.2, -0.15) is 10.5 Å². The Labute approximate surface area is 210 Å². The Hall–Kier alpha value is -3.12. The van der Waals surface area contributed by atoms with Crippen LogP contribution in [-0.2, 0) is 6.54 Å². The molecule has 0 amide bonds. The van der Waals surface area contributed by atoms with Gasteiger partial charge in [-0.25, -0.2) is 0 Å². The van der Waals surface area contributed by atoms with Crippen molar-refractivity contribution in [2.75, 3.05) is 0 Å². The molecular weight excluding hydrogens is 538 g/mol. The molecule has 0 aliphatic carbocycles. The third-order valence-corrected chi connectivity index (χ3v) is 6.70. The normalized spacial score (nSPS) is 11.1. The molecule has 0 bridgehead atoms. The van der Waals surface area contributed by atoms with Gasteiger partial charge in [0, 0.05) is 42.9 Å². The Bertz CT molecular complexity index is 1460. The standard InChI is InChI=1S/C28H21Br2N3/c1-2-3-14-33-27-12-7-20(15-25(27)26-16-23(30)10-13-28(26)33)24(21(17-31)18-32)11-6-19-4-8-22(29)9-5-19/h4-13,15-16H,2-3,14H2,1H3/b11-6+. The fourth-order valence-corrected chi connectivity index (χ4v) is 4.65. The van der Waals surface area contributed by atoms with Gasteiger partial charge in [-0.05, 0) is 60.0 Å². The highest BCUT2D eigenvalue weighted by Crippen LogP contribution is 2.34. The number of allylic oxidation sites excluding steroid dienone is 3. The van der Waals surface area contributed by atoms with E-state index in [1.54, 1.807) is 0 Å². The van der Waals surface area contributed by atoms with Crippen molar-refractivity contribution in [2.45, 2.75) is 26.3 Å². The molecule has 0 saturated heterocycles. The lowest BCUT2D eigenvalue weighted by atomic mass is 9.97. The minimum Gasteiger partial charge on any atom is -0.340 e. The SMILES string of the molecule is CCCCn1c2ccc(Br)cc2c2cc(C(/C=C/c3ccc(Br)cc3)=C(C#N)C#N)ccc21. The first-order valence-electron chi connectivity index (χ1n) is 10.8. The fourth-order valence-electron chi connectivity index (χ4n) is 4.02. The van der Waals surface area contributed by atoms with Crippen molar-refractivity contribution in [2.24, 2.45) is 0 Å². The summed E-state index contributed by atoms with van der Waals surface area (Å²) in [6.45, 7) is 3.15. The summed E-state index contributed by atoms with van der Waals surface area (Å²) in [5.41, 5.74) is 4.91. The van der Waals surface area contributed by atoms with Gasteiger partial charge < -0.3 is 4.57 Å². The zero-order chi connectivity index (χ0) is 23.4. The third-order valence-electron chi connectivity index (χ3n) is 5.68. The average molecular weight is 559 g/mol. The molecule has 4 aromatic rings. The van der Waals surface area contributed by atoms with Gasteiger partial charge in [-0.1, -0.05) is 75.6 Å². The van der Waals surface area contributed by atoms with E-state index >= 15 is 0 Å². The number of unbranched alkanes of at least 4 members (excludes halogenated alkanes) is 1. The van der Waals surface area contributed by atoms with Gasteiger partial charge in [0.05, 0.1) is 0 Å². The zero-order valence-electron chi connectivity index (χ0n) is 18.1. The summed E-state index contributed by atoms with van der Waals surface area (Å²) in [7, 11) is 0. The van der Waals surface area contributed by atoms with Crippen LogP contribution in [0.3, 0.4) is 0 Å². The van der Waals surface area contributed by atoms with E-state index in [9.17, 15) is 10.5 Å². The van der Waals surface area contributed by atoms with Crippen LogP contribution < -0.4 is 0 Å². The van der Waals surface area contributed by atoms with Crippen molar-refractivity contribution < 1.29 is 0 Å². The molecule has 0 aliphatic heterocycles. The molecule has 0 radical (unpaired) electrons. The first-order valence-corrected chi connectivity index (χ1v) is 12.3. The van der Waals surface area contributed by atoms with Gasteiger partial charge in [0.25, 0.3) is 0 Å². The number of hydrogen-bond donors (Lipinski definition) is 0. The highest BCUT2D eigenvalue weighted by atomic mass is 79.9. The molecule has 0 spiro atoms. The molecule has 0 atom stereocenters. The topological polar surface area (TPSA) is 52.5 Å².